The van der Waals surface area contributed by atoms with Gasteiger partial charge in [-0.1, -0.05) is 333 Å². The largest absolute Gasteiger partial charge is 0.466 e. The first-order valence-corrected chi connectivity index (χ1v) is 35.8. The van der Waals surface area contributed by atoms with Gasteiger partial charge in [0.25, 0.3) is 0 Å². The average molecular weight is 1110 g/mol. The molecule has 0 spiro atoms. The molecule has 0 aliphatic rings. The molecule has 3 N–H and O–H groups in total. The molecule has 0 aromatic carbocycles. The SMILES string of the molecule is CCCCCCCCC/C=C\CCCCCCCCCC(=O)OCCCCCCCCCCCC/C=C\CCCCCCCCCC(=O)NC(CO)C(O)/C=C/CCCCCCCCCCCCCCCCCCCCCCC. The van der Waals surface area contributed by atoms with Gasteiger partial charge in [-0.15, -0.1) is 0 Å². The molecule has 0 aromatic rings. The zero-order valence-electron chi connectivity index (χ0n) is 53.4. The number of esters is 1. The van der Waals surface area contributed by atoms with Crippen molar-refractivity contribution in [2.24, 2.45) is 0 Å². The van der Waals surface area contributed by atoms with Gasteiger partial charge in [0, 0.05) is 12.8 Å². The molecule has 0 aliphatic heterocycles. The number of hydrogen-bond acceptors (Lipinski definition) is 5. The molecule has 0 radical (unpaired) electrons. The molecule has 0 bridgehead atoms. The van der Waals surface area contributed by atoms with E-state index in [1.165, 1.54) is 315 Å². The van der Waals surface area contributed by atoms with Crippen LogP contribution < -0.4 is 5.32 Å². The first kappa shape index (κ1) is 77.1. The molecule has 0 fully saturated rings. The fourth-order valence-electron chi connectivity index (χ4n) is 11.2. The van der Waals surface area contributed by atoms with Crippen molar-refractivity contribution in [3.05, 3.63) is 36.5 Å². The van der Waals surface area contributed by atoms with Crippen LogP contribution in [0.4, 0.5) is 0 Å². The number of amides is 1. The maximum atomic E-state index is 12.5. The third kappa shape index (κ3) is 65.1. The molecule has 2 atom stereocenters. The Morgan fingerprint density at radius 3 is 0.899 bits per heavy atom. The van der Waals surface area contributed by atoms with Gasteiger partial charge in [-0.05, 0) is 83.5 Å². The lowest BCUT2D eigenvalue weighted by Crippen LogP contribution is -2.45. The summed E-state index contributed by atoms with van der Waals surface area (Å²) < 4.78 is 5.50. The molecule has 0 aliphatic carbocycles. The molecule has 2 unspecified atom stereocenters. The number of aliphatic hydroxyl groups excluding tert-OH is 2. The second kappa shape index (κ2) is 68.6. The van der Waals surface area contributed by atoms with Crippen LogP contribution in [0.1, 0.15) is 393 Å². The fourth-order valence-corrected chi connectivity index (χ4v) is 11.2. The Morgan fingerprint density at radius 2 is 0.595 bits per heavy atom. The van der Waals surface area contributed by atoms with E-state index in [9.17, 15) is 19.8 Å². The molecule has 0 saturated carbocycles. The highest BCUT2D eigenvalue weighted by Gasteiger charge is 2.18. The van der Waals surface area contributed by atoms with Gasteiger partial charge in [0.2, 0.25) is 5.91 Å². The van der Waals surface area contributed by atoms with Gasteiger partial charge in [0.05, 0.1) is 25.4 Å². The van der Waals surface area contributed by atoms with Crippen LogP contribution in [0.15, 0.2) is 36.5 Å². The summed E-state index contributed by atoms with van der Waals surface area (Å²) in [6.45, 7) is 4.93. The zero-order valence-corrected chi connectivity index (χ0v) is 53.4. The Kier molecular flexibility index (Phi) is 66.9. The van der Waals surface area contributed by atoms with Crippen LogP contribution in [0.5, 0.6) is 0 Å². The van der Waals surface area contributed by atoms with Crippen molar-refractivity contribution in [2.45, 2.75) is 405 Å². The number of carbonyl (C=O) groups excluding carboxylic acids is 2. The second-order valence-electron chi connectivity index (χ2n) is 24.6. The molecule has 0 rings (SSSR count). The van der Waals surface area contributed by atoms with Gasteiger partial charge in [0.15, 0.2) is 0 Å². The summed E-state index contributed by atoms with van der Waals surface area (Å²) in [6.07, 6.45) is 87.9. The van der Waals surface area contributed by atoms with E-state index >= 15 is 0 Å². The van der Waals surface area contributed by atoms with Gasteiger partial charge in [-0.3, -0.25) is 9.59 Å². The van der Waals surface area contributed by atoms with Crippen LogP contribution in [-0.4, -0.2) is 47.4 Å². The lowest BCUT2D eigenvalue weighted by atomic mass is 10.0. The van der Waals surface area contributed by atoms with Crippen LogP contribution in [0.2, 0.25) is 0 Å². The minimum absolute atomic E-state index is 0.00539. The summed E-state index contributed by atoms with van der Waals surface area (Å²) in [4.78, 5) is 24.6. The van der Waals surface area contributed by atoms with Crippen LogP contribution in [-0.2, 0) is 14.3 Å². The van der Waals surface area contributed by atoms with Crippen molar-refractivity contribution in [2.75, 3.05) is 13.2 Å². The predicted molar refractivity (Wildman–Crippen MR) is 347 cm³/mol. The standard InChI is InChI=1S/C73H139NO5/c1-3-5-7-9-11-13-15-17-19-21-23-24-25-27-30-33-37-41-45-49-53-57-61-65-71(76)70(69-75)74-72(77)66-62-58-54-50-46-42-38-34-31-28-26-29-32-36-40-44-48-52-56-60-64-68-79-73(78)67-63-59-55-51-47-43-39-35-22-20-18-16-14-12-10-8-6-4-2/h20,22,28,31,61,65,70-71,75-76H,3-19,21,23-27,29-30,32-60,62-64,66-69H2,1-2H3,(H,74,77)/b22-20-,31-28-,65-61+. The van der Waals surface area contributed by atoms with Crippen molar-refractivity contribution in [1.82, 2.24) is 5.32 Å². The molecule has 1 amide bonds. The smallest absolute Gasteiger partial charge is 0.305 e. The summed E-state index contributed by atoms with van der Waals surface area (Å²) in [5, 5.41) is 23.3. The lowest BCUT2D eigenvalue weighted by Gasteiger charge is -2.20. The van der Waals surface area contributed by atoms with Gasteiger partial charge >= 0.3 is 5.97 Å². The van der Waals surface area contributed by atoms with E-state index in [2.05, 4.69) is 43.5 Å². The fraction of sp³-hybridized carbons (Fsp3) is 0.890. The Labute approximate surface area is 494 Å². The number of ether oxygens (including phenoxy) is 1. The minimum atomic E-state index is -0.851. The Morgan fingerprint density at radius 1 is 0.342 bits per heavy atom. The summed E-state index contributed by atoms with van der Waals surface area (Å²) in [5.74, 6) is -0.0667. The molecular weight excluding hydrogens is 971 g/mol. The van der Waals surface area contributed by atoms with Crippen molar-refractivity contribution in [1.29, 1.82) is 0 Å². The molecule has 0 aromatic heterocycles. The quantitative estimate of drug-likeness (QED) is 0.0320. The highest BCUT2D eigenvalue weighted by Crippen LogP contribution is 2.18. The molecule has 0 heterocycles. The van der Waals surface area contributed by atoms with E-state index < -0.39 is 12.1 Å². The molecule has 0 saturated heterocycles. The van der Waals surface area contributed by atoms with Gasteiger partial charge in [-0.25, -0.2) is 0 Å². The third-order valence-corrected chi connectivity index (χ3v) is 16.6. The van der Waals surface area contributed by atoms with E-state index in [4.69, 9.17) is 4.74 Å². The average Bonchev–Trinajstić information content (AvgIpc) is 3.45. The third-order valence-electron chi connectivity index (χ3n) is 16.6. The normalized spacial score (nSPS) is 12.7. The van der Waals surface area contributed by atoms with E-state index in [0.717, 1.165) is 51.4 Å². The molecular formula is C73H139NO5. The number of unbranched alkanes of at least 4 members (excludes halogenated alkanes) is 52. The topological polar surface area (TPSA) is 95.9 Å². The van der Waals surface area contributed by atoms with Gasteiger partial charge < -0.3 is 20.3 Å². The van der Waals surface area contributed by atoms with E-state index in [1.807, 2.05) is 6.08 Å². The van der Waals surface area contributed by atoms with E-state index in [-0.39, 0.29) is 18.5 Å². The predicted octanol–water partition coefficient (Wildman–Crippen LogP) is 23.1. The number of allylic oxidation sites excluding steroid dienone is 5. The maximum absolute atomic E-state index is 12.5. The van der Waals surface area contributed by atoms with Gasteiger partial charge in [-0.2, -0.15) is 0 Å². The van der Waals surface area contributed by atoms with Crippen molar-refractivity contribution in [3.8, 4) is 0 Å². The molecule has 6 heteroatoms. The zero-order chi connectivity index (χ0) is 57.1. The molecule has 79 heavy (non-hydrogen) atoms. The van der Waals surface area contributed by atoms with Crippen molar-refractivity contribution < 1.29 is 24.5 Å². The number of rotatable bonds is 67. The van der Waals surface area contributed by atoms with Crippen LogP contribution in [0, 0.1) is 0 Å². The molecule has 466 valence electrons. The van der Waals surface area contributed by atoms with Gasteiger partial charge in [0.1, 0.15) is 0 Å². The highest BCUT2D eigenvalue weighted by atomic mass is 16.5. The van der Waals surface area contributed by atoms with Crippen LogP contribution >= 0.6 is 0 Å². The van der Waals surface area contributed by atoms with Crippen molar-refractivity contribution >= 4 is 11.9 Å². The lowest BCUT2D eigenvalue weighted by molar-refractivity contribution is -0.143. The van der Waals surface area contributed by atoms with Crippen LogP contribution in [0.3, 0.4) is 0 Å². The Balaban J connectivity index is 3.44. The first-order valence-electron chi connectivity index (χ1n) is 35.8. The van der Waals surface area contributed by atoms with Crippen molar-refractivity contribution in [3.63, 3.8) is 0 Å². The summed E-state index contributed by atoms with van der Waals surface area (Å²) in [6, 6.07) is -0.635. The number of aliphatic hydroxyl groups is 2. The summed E-state index contributed by atoms with van der Waals surface area (Å²) >= 11 is 0. The van der Waals surface area contributed by atoms with E-state index in [0.29, 0.717) is 19.4 Å². The maximum Gasteiger partial charge on any atom is 0.305 e. The summed E-state index contributed by atoms with van der Waals surface area (Å²) in [5.41, 5.74) is 0. The molecule has 6 nitrogen and oxygen atoms in total. The first-order chi connectivity index (χ1) is 39.0. The number of hydrogen-bond donors (Lipinski definition) is 3. The Hall–Kier alpha value is -1.92. The second-order valence-corrected chi connectivity index (χ2v) is 24.6. The van der Waals surface area contributed by atoms with Crippen LogP contribution in [0.25, 0.3) is 0 Å². The highest BCUT2D eigenvalue weighted by molar-refractivity contribution is 5.76. The summed E-state index contributed by atoms with van der Waals surface area (Å²) in [7, 11) is 0. The van der Waals surface area contributed by atoms with E-state index in [1.54, 1.807) is 6.08 Å². The number of nitrogens with one attached hydrogen (secondary N) is 1. The number of carbonyl (C=O) groups is 2. The minimum Gasteiger partial charge on any atom is -0.466 e. The monoisotopic (exact) mass is 1110 g/mol. The Bertz CT molecular complexity index is 1280.